The normalized spacial score (nSPS) is 13.6. The average Bonchev–Trinajstić information content (AvgIpc) is 3.06. The number of H-pyrrole nitrogens is 1. The van der Waals surface area contributed by atoms with Crippen LogP contribution in [-0.4, -0.2) is 47.7 Å². The van der Waals surface area contributed by atoms with Crippen molar-refractivity contribution in [3.05, 3.63) is 36.0 Å². The van der Waals surface area contributed by atoms with Crippen LogP contribution >= 0.6 is 0 Å². The molecule has 0 aliphatic heterocycles. The molecule has 3 N–H and O–H groups in total. The Morgan fingerprint density at radius 1 is 1.10 bits per heavy atom. The number of fused-ring (bicyclic) bond motifs is 1. The van der Waals surface area contributed by atoms with Gasteiger partial charge in [0, 0.05) is 23.5 Å². The van der Waals surface area contributed by atoms with Gasteiger partial charge >= 0.3 is 12.1 Å². The fraction of sp³-hybridized carbons (Fsp3) is 0.500. The van der Waals surface area contributed by atoms with Crippen LogP contribution in [0, 0.1) is 5.92 Å². The van der Waals surface area contributed by atoms with Crippen molar-refractivity contribution in [2.75, 3.05) is 7.11 Å². The SMILES string of the molecule is COC(=O)[C@H](NC(=O)[C@@H](Cc1c[nH]c2ccccc12)NC(=O)OC(C)(C)C)C(C)C. The van der Waals surface area contributed by atoms with Crippen molar-refractivity contribution in [3.8, 4) is 0 Å². The molecule has 2 aromatic rings. The number of methoxy groups -OCH3 is 1. The molecule has 1 aromatic heterocycles. The van der Waals surface area contributed by atoms with Crippen LogP contribution in [0.25, 0.3) is 10.9 Å². The van der Waals surface area contributed by atoms with Gasteiger partial charge in [0.25, 0.3) is 0 Å². The van der Waals surface area contributed by atoms with E-state index in [4.69, 9.17) is 9.47 Å². The number of ether oxygens (including phenoxy) is 2. The Morgan fingerprint density at radius 2 is 1.77 bits per heavy atom. The number of esters is 1. The van der Waals surface area contributed by atoms with Crippen molar-refractivity contribution >= 4 is 28.9 Å². The molecule has 1 aromatic carbocycles. The fourth-order valence-corrected chi connectivity index (χ4v) is 3.06. The van der Waals surface area contributed by atoms with Gasteiger partial charge in [-0.2, -0.15) is 0 Å². The molecule has 0 bridgehead atoms. The van der Waals surface area contributed by atoms with Gasteiger partial charge < -0.3 is 25.1 Å². The molecule has 30 heavy (non-hydrogen) atoms. The first-order chi connectivity index (χ1) is 14.0. The van der Waals surface area contributed by atoms with E-state index in [1.54, 1.807) is 34.6 Å². The Bertz CT molecular complexity index is 898. The number of carbonyl (C=O) groups is 3. The Labute approximate surface area is 176 Å². The number of nitrogens with one attached hydrogen (secondary N) is 3. The number of hydrogen-bond donors (Lipinski definition) is 3. The summed E-state index contributed by atoms with van der Waals surface area (Å²) in [6.07, 6.45) is 1.32. The number of alkyl carbamates (subject to hydrolysis) is 1. The van der Waals surface area contributed by atoms with Gasteiger partial charge in [-0.3, -0.25) is 4.79 Å². The first kappa shape index (κ1) is 23.3. The van der Waals surface area contributed by atoms with Crippen molar-refractivity contribution in [1.82, 2.24) is 15.6 Å². The summed E-state index contributed by atoms with van der Waals surface area (Å²) < 4.78 is 10.1. The molecule has 0 spiro atoms. The van der Waals surface area contributed by atoms with Gasteiger partial charge in [0.1, 0.15) is 17.7 Å². The van der Waals surface area contributed by atoms with Crippen molar-refractivity contribution in [3.63, 3.8) is 0 Å². The van der Waals surface area contributed by atoms with E-state index in [2.05, 4.69) is 15.6 Å². The third-order valence-corrected chi connectivity index (χ3v) is 4.53. The molecule has 2 amide bonds. The molecular formula is C22H31N3O5. The molecule has 0 saturated carbocycles. The second kappa shape index (κ2) is 9.65. The van der Waals surface area contributed by atoms with Gasteiger partial charge in [0.15, 0.2) is 0 Å². The Hall–Kier alpha value is -3.03. The zero-order valence-corrected chi connectivity index (χ0v) is 18.4. The minimum atomic E-state index is -0.940. The molecule has 0 aliphatic carbocycles. The number of para-hydroxylation sites is 1. The lowest BCUT2D eigenvalue weighted by Crippen LogP contribution is -2.54. The first-order valence-corrected chi connectivity index (χ1v) is 9.94. The summed E-state index contributed by atoms with van der Waals surface area (Å²) in [5, 5.41) is 6.29. The molecule has 0 aliphatic rings. The lowest BCUT2D eigenvalue weighted by molar-refractivity contribution is -0.146. The number of rotatable bonds is 7. The van der Waals surface area contributed by atoms with Crippen molar-refractivity contribution in [2.24, 2.45) is 5.92 Å². The average molecular weight is 418 g/mol. The maximum absolute atomic E-state index is 13.0. The third kappa shape index (κ3) is 6.23. The summed E-state index contributed by atoms with van der Waals surface area (Å²) in [5.74, 6) is -1.21. The van der Waals surface area contributed by atoms with Gasteiger partial charge in [0.2, 0.25) is 5.91 Å². The van der Waals surface area contributed by atoms with Crippen LogP contribution in [0.3, 0.4) is 0 Å². The summed E-state index contributed by atoms with van der Waals surface area (Å²) in [7, 11) is 1.27. The quantitative estimate of drug-likeness (QED) is 0.600. The van der Waals surface area contributed by atoms with Crippen LogP contribution in [0.2, 0.25) is 0 Å². The monoisotopic (exact) mass is 417 g/mol. The highest BCUT2D eigenvalue weighted by molar-refractivity contribution is 5.91. The molecule has 0 saturated heterocycles. The summed E-state index contributed by atoms with van der Waals surface area (Å²) >= 11 is 0. The molecule has 8 nitrogen and oxygen atoms in total. The Balaban J connectivity index is 2.26. The predicted molar refractivity (Wildman–Crippen MR) is 114 cm³/mol. The smallest absolute Gasteiger partial charge is 0.408 e. The number of aromatic amines is 1. The first-order valence-electron chi connectivity index (χ1n) is 9.94. The zero-order valence-electron chi connectivity index (χ0n) is 18.4. The van der Waals surface area contributed by atoms with Crippen LogP contribution < -0.4 is 10.6 Å². The summed E-state index contributed by atoms with van der Waals surface area (Å²) in [6.45, 7) is 8.84. The van der Waals surface area contributed by atoms with Crippen LogP contribution in [0.1, 0.15) is 40.2 Å². The highest BCUT2D eigenvalue weighted by Crippen LogP contribution is 2.19. The maximum atomic E-state index is 13.0. The minimum absolute atomic E-state index is 0.184. The highest BCUT2D eigenvalue weighted by atomic mass is 16.6. The molecule has 2 rings (SSSR count). The van der Waals surface area contributed by atoms with E-state index in [1.807, 2.05) is 30.5 Å². The summed E-state index contributed by atoms with van der Waals surface area (Å²) in [6, 6.07) is 5.92. The van der Waals surface area contributed by atoms with E-state index in [0.717, 1.165) is 16.5 Å². The molecule has 2 atom stereocenters. The molecule has 0 radical (unpaired) electrons. The summed E-state index contributed by atoms with van der Waals surface area (Å²) in [5.41, 5.74) is 1.08. The molecule has 0 unspecified atom stereocenters. The van der Waals surface area contributed by atoms with Crippen LogP contribution in [0.15, 0.2) is 30.5 Å². The second-order valence-electron chi connectivity index (χ2n) is 8.52. The van der Waals surface area contributed by atoms with Gasteiger partial charge in [0.05, 0.1) is 7.11 Å². The molecular weight excluding hydrogens is 386 g/mol. The van der Waals surface area contributed by atoms with E-state index in [0.29, 0.717) is 0 Å². The van der Waals surface area contributed by atoms with Crippen molar-refractivity contribution < 1.29 is 23.9 Å². The number of aromatic nitrogens is 1. The summed E-state index contributed by atoms with van der Waals surface area (Å²) in [4.78, 5) is 40.6. The number of carbonyl (C=O) groups excluding carboxylic acids is 3. The highest BCUT2D eigenvalue weighted by Gasteiger charge is 2.31. The van der Waals surface area contributed by atoms with Crippen LogP contribution in [0.5, 0.6) is 0 Å². The van der Waals surface area contributed by atoms with Gasteiger partial charge in [-0.15, -0.1) is 0 Å². The maximum Gasteiger partial charge on any atom is 0.408 e. The van der Waals surface area contributed by atoms with Crippen molar-refractivity contribution in [2.45, 2.75) is 58.7 Å². The van der Waals surface area contributed by atoms with Gasteiger partial charge in [-0.05, 0) is 38.3 Å². The van der Waals surface area contributed by atoms with Crippen LogP contribution in [0.4, 0.5) is 4.79 Å². The number of benzene rings is 1. The number of amides is 2. The lowest BCUT2D eigenvalue weighted by atomic mass is 10.0. The standard InChI is InChI=1S/C22H31N3O5/c1-13(2)18(20(27)29-6)25-19(26)17(24-21(28)30-22(3,4)5)11-14-12-23-16-10-8-7-9-15(14)16/h7-10,12-13,17-18,23H,11H2,1-6H3,(H,24,28)(H,25,26)/t17-,18-/m1/s1. The Morgan fingerprint density at radius 3 is 2.37 bits per heavy atom. The fourth-order valence-electron chi connectivity index (χ4n) is 3.06. The van der Waals surface area contributed by atoms with Crippen LogP contribution in [-0.2, 0) is 25.5 Å². The Kier molecular flexibility index (Phi) is 7.48. The lowest BCUT2D eigenvalue weighted by Gasteiger charge is -2.26. The minimum Gasteiger partial charge on any atom is -0.467 e. The number of hydrogen-bond acceptors (Lipinski definition) is 5. The van der Waals surface area contributed by atoms with E-state index >= 15 is 0 Å². The van der Waals surface area contributed by atoms with Crippen molar-refractivity contribution in [1.29, 1.82) is 0 Å². The van der Waals surface area contributed by atoms with E-state index in [1.165, 1.54) is 7.11 Å². The van der Waals surface area contributed by atoms with E-state index in [9.17, 15) is 14.4 Å². The molecule has 0 fully saturated rings. The topological polar surface area (TPSA) is 110 Å². The van der Waals surface area contributed by atoms with Gasteiger partial charge in [-0.1, -0.05) is 32.0 Å². The molecule has 164 valence electrons. The predicted octanol–water partition coefficient (Wildman–Crippen LogP) is 2.92. The van der Waals surface area contributed by atoms with E-state index < -0.39 is 35.7 Å². The largest absolute Gasteiger partial charge is 0.467 e. The molecule has 1 heterocycles. The third-order valence-electron chi connectivity index (χ3n) is 4.53. The zero-order chi connectivity index (χ0) is 22.5. The second-order valence-corrected chi connectivity index (χ2v) is 8.52. The molecule has 8 heteroatoms. The van der Waals surface area contributed by atoms with E-state index in [-0.39, 0.29) is 12.3 Å². The van der Waals surface area contributed by atoms with Gasteiger partial charge in [-0.25, -0.2) is 9.59 Å².